The zero-order chi connectivity index (χ0) is 20.0. The first kappa shape index (κ1) is 18.8. The fourth-order valence-corrected chi connectivity index (χ4v) is 5.50. The van der Waals surface area contributed by atoms with E-state index >= 15 is 0 Å². The number of benzene rings is 1. The largest absolute Gasteiger partial charge is 0.465 e. The summed E-state index contributed by atoms with van der Waals surface area (Å²) < 4.78 is 7.02. The van der Waals surface area contributed by atoms with Crippen LogP contribution in [0.4, 0.5) is 5.69 Å². The molecule has 0 radical (unpaired) electrons. The summed E-state index contributed by atoms with van der Waals surface area (Å²) in [5, 5.41) is 4.19. The van der Waals surface area contributed by atoms with Gasteiger partial charge in [0.15, 0.2) is 0 Å². The number of rotatable bonds is 5. The van der Waals surface area contributed by atoms with Crippen LogP contribution in [-0.4, -0.2) is 28.9 Å². The second-order valence-electron chi connectivity index (χ2n) is 8.52. The normalized spacial score (nSPS) is 21.0. The van der Waals surface area contributed by atoms with Crippen LogP contribution in [0.1, 0.15) is 42.7 Å². The van der Waals surface area contributed by atoms with Crippen molar-refractivity contribution in [3.8, 4) is 0 Å². The number of piperidine rings is 1. The molecule has 2 aliphatic rings. The van der Waals surface area contributed by atoms with Gasteiger partial charge in [0.2, 0.25) is 5.91 Å². The number of hydrogen-bond acceptors (Lipinski definition) is 5. The molecule has 6 heteroatoms. The van der Waals surface area contributed by atoms with Crippen LogP contribution >= 0.6 is 11.3 Å². The van der Waals surface area contributed by atoms with E-state index in [2.05, 4.69) is 40.3 Å². The Balaban J connectivity index is 1.16. The number of carbonyl (C=O) groups is 1. The number of amides is 1. The summed E-state index contributed by atoms with van der Waals surface area (Å²) in [6.45, 7) is 7.07. The van der Waals surface area contributed by atoms with Crippen LogP contribution in [0, 0.1) is 18.3 Å². The van der Waals surface area contributed by atoms with Crippen molar-refractivity contribution in [1.82, 2.24) is 9.88 Å². The number of nitrogens with zero attached hydrogens (tertiary/aromatic N) is 2. The number of nitrogens with one attached hydrogen (secondary N) is 1. The standard InChI is InChI=1S/C23H27N3O2S/c1-3-17-5-6-18(28-17)14-26-10-8-23(9-11-26)13-19(23)22(27)25-16-4-7-21-20(12-16)24-15(2)29-21/h4-7,12,19H,3,8-11,13-14H2,1-2H3,(H,25,27). The Hall–Kier alpha value is -2.18. The minimum Gasteiger partial charge on any atom is -0.465 e. The molecule has 0 bridgehead atoms. The number of likely N-dealkylation sites (tertiary alicyclic amines) is 1. The van der Waals surface area contributed by atoms with E-state index in [4.69, 9.17) is 4.42 Å². The van der Waals surface area contributed by atoms with Crippen molar-refractivity contribution in [1.29, 1.82) is 0 Å². The minimum absolute atomic E-state index is 0.146. The maximum absolute atomic E-state index is 12.8. The molecule has 1 unspecified atom stereocenters. The van der Waals surface area contributed by atoms with Crippen molar-refractivity contribution in [2.75, 3.05) is 18.4 Å². The van der Waals surface area contributed by atoms with Crippen LogP contribution in [0.3, 0.4) is 0 Å². The molecule has 1 aromatic carbocycles. The average Bonchev–Trinajstić information content (AvgIpc) is 3.03. The van der Waals surface area contributed by atoms with Crippen LogP contribution in [0.5, 0.6) is 0 Å². The minimum atomic E-state index is 0.146. The molecule has 5 nitrogen and oxygen atoms in total. The Morgan fingerprint density at radius 2 is 2.07 bits per heavy atom. The van der Waals surface area contributed by atoms with Gasteiger partial charge >= 0.3 is 0 Å². The molecule has 5 rings (SSSR count). The zero-order valence-electron chi connectivity index (χ0n) is 17.0. The monoisotopic (exact) mass is 409 g/mol. The lowest BCUT2D eigenvalue weighted by atomic mass is 9.90. The summed E-state index contributed by atoms with van der Waals surface area (Å²) in [5.74, 6) is 2.42. The molecule has 1 aliphatic carbocycles. The van der Waals surface area contributed by atoms with Gasteiger partial charge in [0, 0.05) is 18.0 Å². The van der Waals surface area contributed by atoms with E-state index in [9.17, 15) is 4.79 Å². The van der Waals surface area contributed by atoms with Gasteiger partial charge < -0.3 is 9.73 Å². The number of furan rings is 1. The van der Waals surface area contributed by atoms with Gasteiger partial charge in [0.1, 0.15) is 11.5 Å². The van der Waals surface area contributed by atoms with Gasteiger partial charge in [-0.3, -0.25) is 9.69 Å². The molecule has 3 aromatic rings. The van der Waals surface area contributed by atoms with Crippen LogP contribution in [0.2, 0.25) is 0 Å². The predicted molar refractivity (Wildman–Crippen MR) is 116 cm³/mol. The fraction of sp³-hybridized carbons (Fsp3) is 0.478. The van der Waals surface area contributed by atoms with Crippen LogP contribution in [0.25, 0.3) is 10.2 Å². The van der Waals surface area contributed by atoms with E-state index in [1.807, 2.05) is 19.1 Å². The molecule has 1 atom stereocenters. The second-order valence-corrected chi connectivity index (χ2v) is 9.76. The molecule has 1 saturated carbocycles. The number of fused-ring (bicyclic) bond motifs is 1. The summed E-state index contributed by atoms with van der Waals surface area (Å²) in [4.78, 5) is 19.8. The predicted octanol–water partition coefficient (Wildman–Crippen LogP) is 5.00. The lowest BCUT2D eigenvalue weighted by Crippen LogP contribution is -2.35. The number of anilines is 1. The molecular formula is C23H27N3O2S. The van der Waals surface area contributed by atoms with Crippen LogP contribution < -0.4 is 5.32 Å². The van der Waals surface area contributed by atoms with Gasteiger partial charge in [0.25, 0.3) is 0 Å². The molecule has 2 fully saturated rings. The van der Waals surface area contributed by atoms with Crippen LogP contribution in [0.15, 0.2) is 34.7 Å². The second kappa shape index (κ2) is 7.26. The summed E-state index contributed by atoms with van der Waals surface area (Å²) in [5.41, 5.74) is 2.03. The van der Waals surface area contributed by atoms with E-state index in [0.29, 0.717) is 0 Å². The smallest absolute Gasteiger partial charge is 0.228 e. The Bertz CT molecular complexity index is 1050. The van der Waals surface area contributed by atoms with Crippen LogP contribution in [-0.2, 0) is 17.8 Å². The Morgan fingerprint density at radius 1 is 1.28 bits per heavy atom. The van der Waals surface area contributed by atoms with Gasteiger partial charge in [-0.25, -0.2) is 4.98 Å². The maximum atomic E-state index is 12.8. The van der Waals surface area contributed by atoms with Gasteiger partial charge in [-0.2, -0.15) is 0 Å². The summed E-state index contributed by atoms with van der Waals surface area (Å²) in [6, 6.07) is 10.2. The van der Waals surface area contributed by atoms with E-state index in [1.54, 1.807) is 11.3 Å². The number of aryl methyl sites for hydroxylation is 2. The molecule has 1 spiro atoms. The summed E-state index contributed by atoms with van der Waals surface area (Å²) >= 11 is 1.68. The Kier molecular flexibility index (Phi) is 4.71. The van der Waals surface area contributed by atoms with Gasteiger partial charge in [-0.1, -0.05) is 6.92 Å². The highest BCUT2D eigenvalue weighted by Gasteiger charge is 2.58. The SMILES string of the molecule is CCc1ccc(CN2CCC3(CC2)CC3C(=O)Nc2ccc3sc(C)nc3c2)o1. The van der Waals surface area contributed by atoms with Crippen molar-refractivity contribution >= 4 is 33.1 Å². The van der Waals surface area contributed by atoms with Gasteiger partial charge in [-0.05, 0) is 75.0 Å². The highest BCUT2D eigenvalue weighted by atomic mass is 32.1. The molecule has 1 saturated heterocycles. The Labute approximate surface area is 175 Å². The lowest BCUT2D eigenvalue weighted by Gasteiger charge is -2.32. The number of aromatic nitrogens is 1. The van der Waals surface area contributed by atoms with Crippen molar-refractivity contribution in [2.45, 2.75) is 46.1 Å². The van der Waals surface area contributed by atoms with Gasteiger partial charge in [0.05, 0.1) is 21.8 Å². The van der Waals surface area contributed by atoms with E-state index in [-0.39, 0.29) is 17.2 Å². The summed E-state index contributed by atoms with van der Waals surface area (Å²) in [7, 11) is 0. The lowest BCUT2D eigenvalue weighted by molar-refractivity contribution is -0.118. The van der Waals surface area contributed by atoms with Crippen molar-refractivity contribution < 1.29 is 9.21 Å². The fourth-order valence-electron chi connectivity index (χ4n) is 4.69. The first-order chi connectivity index (χ1) is 14.0. The third-order valence-electron chi connectivity index (χ3n) is 6.57. The van der Waals surface area contributed by atoms with Crippen molar-refractivity contribution in [3.05, 3.63) is 46.9 Å². The van der Waals surface area contributed by atoms with E-state index in [1.165, 1.54) is 4.70 Å². The number of thiazole rings is 1. The van der Waals surface area contributed by atoms with Crippen molar-refractivity contribution in [2.24, 2.45) is 11.3 Å². The molecule has 29 heavy (non-hydrogen) atoms. The zero-order valence-corrected chi connectivity index (χ0v) is 17.8. The Morgan fingerprint density at radius 3 is 2.83 bits per heavy atom. The summed E-state index contributed by atoms with van der Waals surface area (Å²) in [6.07, 6.45) is 4.15. The highest BCUT2D eigenvalue weighted by molar-refractivity contribution is 7.18. The van der Waals surface area contributed by atoms with E-state index in [0.717, 1.165) is 73.0 Å². The highest BCUT2D eigenvalue weighted by Crippen LogP contribution is 2.59. The maximum Gasteiger partial charge on any atom is 0.228 e. The molecule has 2 aromatic heterocycles. The average molecular weight is 410 g/mol. The number of hydrogen-bond donors (Lipinski definition) is 1. The van der Waals surface area contributed by atoms with Crippen molar-refractivity contribution in [3.63, 3.8) is 0 Å². The molecule has 1 amide bonds. The molecule has 1 N–H and O–H groups in total. The molecule has 152 valence electrons. The van der Waals surface area contributed by atoms with Gasteiger partial charge in [-0.15, -0.1) is 11.3 Å². The third kappa shape index (κ3) is 3.71. The first-order valence-corrected chi connectivity index (χ1v) is 11.3. The number of carbonyl (C=O) groups excluding carboxylic acids is 1. The topological polar surface area (TPSA) is 58.4 Å². The first-order valence-electron chi connectivity index (χ1n) is 10.5. The molecule has 3 heterocycles. The molecular weight excluding hydrogens is 382 g/mol. The van der Waals surface area contributed by atoms with E-state index < -0.39 is 0 Å². The third-order valence-corrected chi connectivity index (χ3v) is 7.52. The quantitative estimate of drug-likeness (QED) is 0.644. The molecule has 1 aliphatic heterocycles.